The van der Waals surface area contributed by atoms with Gasteiger partial charge in [-0.2, -0.15) is 0 Å². The van der Waals surface area contributed by atoms with Crippen molar-refractivity contribution in [2.45, 2.75) is 24.9 Å². The first-order valence-corrected chi connectivity index (χ1v) is 7.80. The lowest BCUT2D eigenvalue weighted by Gasteiger charge is -2.32. The van der Waals surface area contributed by atoms with Crippen LogP contribution in [0.2, 0.25) is 0 Å². The standard InChI is InChI=1S/C14H19N3O2S/c1-18-12-8-11(2-5-15-12)9-16-13-17-14(10-20-13)3-6-19-7-4-14/h2,5,8H,3-4,6-7,9-10H2,1H3,(H,16,17). The van der Waals surface area contributed by atoms with Gasteiger partial charge in [0.2, 0.25) is 5.88 Å². The van der Waals surface area contributed by atoms with Crippen LogP contribution < -0.4 is 10.1 Å². The van der Waals surface area contributed by atoms with Crippen LogP contribution in [0.1, 0.15) is 18.4 Å². The van der Waals surface area contributed by atoms with Gasteiger partial charge >= 0.3 is 0 Å². The zero-order chi connectivity index (χ0) is 13.8. The molecule has 0 radical (unpaired) electrons. The van der Waals surface area contributed by atoms with Gasteiger partial charge in [0.25, 0.3) is 0 Å². The molecule has 0 aliphatic carbocycles. The van der Waals surface area contributed by atoms with Crippen molar-refractivity contribution in [2.75, 3.05) is 26.1 Å². The van der Waals surface area contributed by atoms with Gasteiger partial charge < -0.3 is 14.8 Å². The molecule has 6 heteroatoms. The minimum absolute atomic E-state index is 0.206. The molecule has 108 valence electrons. The Balaban J connectivity index is 1.62. The molecular weight excluding hydrogens is 274 g/mol. The molecule has 3 heterocycles. The monoisotopic (exact) mass is 293 g/mol. The summed E-state index contributed by atoms with van der Waals surface area (Å²) in [5.74, 6) is 1.73. The summed E-state index contributed by atoms with van der Waals surface area (Å²) in [5, 5.41) is 4.64. The minimum atomic E-state index is 0.206. The maximum Gasteiger partial charge on any atom is 0.213 e. The summed E-state index contributed by atoms with van der Waals surface area (Å²) in [5.41, 5.74) is 1.32. The van der Waals surface area contributed by atoms with Gasteiger partial charge in [-0.05, 0) is 24.5 Å². The number of aromatic nitrogens is 1. The zero-order valence-electron chi connectivity index (χ0n) is 11.6. The van der Waals surface area contributed by atoms with E-state index < -0.39 is 0 Å². The van der Waals surface area contributed by atoms with Gasteiger partial charge in [-0.1, -0.05) is 11.8 Å². The second kappa shape index (κ2) is 6.01. The smallest absolute Gasteiger partial charge is 0.213 e. The number of thioether (sulfide) groups is 1. The quantitative estimate of drug-likeness (QED) is 0.921. The van der Waals surface area contributed by atoms with Crippen LogP contribution in [0.15, 0.2) is 23.3 Å². The minimum Gasteiger partial charge on any atom is -0.481 e. The van der Waals surface area contributed by atoms with E-state index in [1.54, 1.807) is 13.3 Å². The van der Waals surface area contributed by atoms with Gasteiger partial charge in [0.1, 0.15) is 0 Å². The average molecular weight is 293 g/mol. The molecule has 2 aliphatic heterocycles. The Morgan fingerprint density at radius 3 is 3.15 bits per heavy atom. The lowest BCUT2D eigenvalue weighted by atomic mass is 9.93. The fourth-order valence-electron chi connectivity index (χ4n) is 2.45. The summed E-state index contributed by atoms with van der Waals surface area (Å²) < 4.78 is 10.6. The molecule has 2 saturated heterocycles. The van der Waals surface area contributed by atoms with E-state index in [4.69, 9.17) is 9.47 Å². The molecule has 1 spiro atoms. The average Bonchev–Trinajstić information content (AvgIpc) is 2.89. The summed E-state index contributed by atoms with van der Waals surface area (Å²) in [6.07, 6.45) is 3.90. The molecule has 0 bridgehead atoms. The summed E-state index contributed by atoms with van der Waals surface area (Å²) in [6.45, 7) is 2.35. The van der Waals surface area contributed by atoms with E-state index in [2.05, 4.69) is 15.3 Å². The fourth-order valence-corrected chi connectivity index (χ4v) is 3.66. The van der Waals surface area contributed by atoms with Crippen LogP contribution in [0.25, 0.3) is 0 Å². The fraction of sp³-hybridized carbons (Fsp3) is 0.571. The Bertz CT molecular complexity index is 501. The second-order valence-corrected chi connectivity index (χ2v) is 6.10. The number of ether oxygens (including phenoxy) is 2. The molecule has 0 unspecified atom stereocenters. The van der Waals surface area contributed by atoms with Crippen LogP contribution in [-0.2, 0) is 11.3 Å². The molecule has 2 fully saturated rings. The van der Waals surface area contributed by atoms with Crippen LogP contribution in [0.4, 0.5) is 0 Å². The van der Waals surface area contributed by atoms with Crippen molar-refractivity contribution >= 4 is 16.9 Å². The van der Waals surface area contributed by atoms with Gasteiger partial charge in [0, 0.05) is 31.2 Å². The van der Waals surface area contributed by atoms with Crippen LogP contribution in [-0.4, -0.2) is 41.8 Å². The Hall–Kier alpha value is -1.27. The van der Waals surface area contributed by atoms with E-state index in [-0.39, 0.29) is 5.54 Å². The zero-order valence-corrected chi connectivity index (χ0v) is 12.4. The topological polar surface area (TPSA) is 55.7 Å². The Labute approximate surface area is 123 Å². The van der Waals surface area contributed by atoms with Crippen molar-refractivity contribution in [2.24, 2.45) is 4.99 Å². The van der Waals surface area contributed by atoms with E-state index in [0.29, 0.717) is 12.4 Å². The third-order valence-electron chi connectivity index (χ3n) is 3.72. The van der Waals surface area contributed by atoms with Crippen LogP contribution >= 0.6 is 11.8 Å². The third kappa shape index (κ3) is 3.07. The number of amidine groups is 1. The Morgan fingerprint density at radius 1 is 1.50 bits per heavy atom. The maximum absolute atomic E-state index is 5.44. The van der Waals surface area contributed by atoms with E-state index in [9.17, 15) is 0 Å². The van der Waals surface area contributed by atoms with Crippen LogP contribution in [0.5, 0.6) is 5.88 Å². The highest BCUT2D eigenvalue weighted by molar-refractivity contribution is 8.14. The van der Waals surface area contributed by atoms with Gasteiger partial charge in [-0.25, -0.2) is 4.98 Å². The van der Waals surface area contributed by atoms with Crippen molar-refractivity contribution in [3.05, 3.63) is 23.9 Å². The molecule has 20 heavy (non-hydrogen) atoms. The predicted octanol–water partition coefficient (Wildman–Crippen LogP) is 1.83. The van der Waals surface area contributed by atoms with Crippen molar-refractivity contribution in [3.8, 4) is 5.88 Å². The molecule has 0 amide bonds. The first-order valence-electron chi connectivity index (χ1n) is 6.82. The molecule has 5 nitrogen and oxygen atoms in total. The van der Waals surface area contributed by atoms with Gasteiger partial charge in [-0.15, -0.1) is 0 Å². The number of nitrogens with zero attached hydrogens (tertiary/aromatic N) is 2. The van der Waals surface area contributed by atoms with Gasteiger partial charge in [0.05, 0.1) is 19.2 Å². The van der Waals surface area contributed by atoms with E-state index in [1.807, 2.05) is 23.9 Å². The summed E-state index contributed by atoms with van der Waals surface area (Å²) in [4.78, 5) is 8.76. The number of hydrogen-bond donors (Lipinski definition) is 1. The Morgan fingerprint density at radius 2 is 2.35 bits per heavy atom. The number of nitrogens with one attached hydrogen (secondary N) is 1. The highest BCUT2D eigenvalue weighted by Gasteiger charge is 2.38. The number of aliphatic imine (C=N–C) groups is 1. The first kappa shape index (κ1) is 13.7. The molecule has 0 aromatic carbocycles. The summed E-state index contributed by atoms with van der Waals surface area (Å²) >= 11 is 1.81. The van der Waals surface area contributed by atoms with E-state index in [1.165, 1.54) is 0 Å². The van der Waals surface area contributed by atoms with Crippen LogP contribution in [0, 0.1) is 0 Å². The molecule has 0 saturated carbocycles. The van der Waals surface area contributed by atoms with Crippen molar-refractivity contribution in [3.63, 3.8) is 0 Å². The lowest BCUT2D eigenvalue weighted by molar-refractivity contribution is 0.0555. The first-order chi connectivity index (χ1) is 9.80. The molecule has 1 aromatic rings. The number of methoxy groups -OCH3 is 1. The highest BCUT2D eigenvalue weighted by atomic mass is 32.2. The molecule has 2 aliphatic rings. The summed E-state index contributed by atoms with van der Waals surface area (Å²) in [6, 6.07) is 3.89. The highest BCUT2D eigenvalue weighted by Crippen LogP contribution is 2.31. The normalized spacial score (nSPS) is 22.9. The van der Waals surface area contributed by atoms with E-state index in [0.717, 1.165) is 42.5 Å². The van der Waals surface area contributed by atoms with E-state index >= 15 is 0 Å². The van der Waals surface area contributed by atoms with Gasteiger partial charge in [0.15, 0.2) is 5.17 Å². The molecule has 3 rings (SSSR count). The maximum atomic E-state index is 5.44. The number of hydrogen-bond acceptors (Lipinski definition) is 5. The molecule has 1 N–H and O–H groups in total. The number of pyridine rings is 1. The predicted molar refractivity (Wildman–Crippen MR) is 80.3 cm³/mol. The van der Waals surface area contributed by atoms with Crippen LogP contribution in [0.3, 0.4) is 0 Å². The van der Waals surface area contributed by atoms with Crippen molar-refractivity contribution in [1.82, 2.24) is 10.3 Å². The van der Waals surface area contributed by atoms with Gasteiger partial charge in [-0.3, -0.25) is 4.99 Å². The third-order valence-corrected chi connectivity index (χ3v) is 4.92. The largest absolute Gasteiger partial charge is 0.481 e. The number of rotatable bonds is 3. The second-order valence-electron chi connectivity index (χ2n) is 5.13. The van der Waals surface area contributed by atoms with Crippen molar-refractivity contribution < 1.29 is 9.47 Å². The molecular formula is C14H19N3O2S. The Kier molecular flexibility index (Phi) is 4.12. The SMILES string of the molecule is COc1cc(CN=C2NC3(CCOCC3)CS2)ccn1. The lowest BCUT2D eigenvalue weighted by Crippen LogP contribution is -2.48. The molecule has 1 aromatic heterocycles. The molecule has 0 atom stereocenters. The summed E-state index contributed by atoms with van der Waals surface area (Å²) in [7, 11) is 1.63. The van der Waals surface area contributed by atoms with Crippen molar-refractivity contribution in [1.29, 1.82) is 0 Å².